The Bertz CT molecular complexity index is 1640. The van der Waals surface area contributed by atoms with Crippen LogP contribution < -0.4 is 14.4 Å². The van der Waals surface area contributed by atoms with E-state index in [0.717, 1.165) is 45.1 Å². The molecule has 0 spiro atoms. The normalized spacial score (nSPS) is 10.6. The largest absolute Gasteiger partial charge is 0.508 e. The van der Waals surface area contributed by atoms with Gasteiger partial charge in [0.2, 0.25) is 0 Å². The molecule has 204 valence electrons. The summed E-state index contributed by atoms with van der Waals surface area (Å²) in [4.78, 5) is 2.36. The van der Waals surface area contributed by atoms with Crippen molar-refractivity contribution in [2.24, 2.45) is 0 Å². The van der Waals surface area contributed by atoms with Crippen LogP contribution in [0.25, 0.3) is 11.1 Å². The Hall–Kier alpha value is -4.86. The summed E-state index contributed by atoms with van der Waals surface area (Å²) in [5, 5.41) is 18.8. The van der Waals surface area contributed by atoms with E-state index >= 15 is 0 Å². The molecule has 0 aliphatic rings. The first kappa shape index (κ1) is 27.7. The van der Waals surface area contributed by atoms with Gasteiger partial charge < -0.3 is 19.5 Å². The molecule has 5 nitrogen and oxygen atoms in total. The van der Waals surface area contributed by atoms with E-state index in [4.69, 9.17) is 4.74 Å². The molecule has 0 amide bonds. The lowest BCUT2D eigenvalue weighted by Crippen LogP contribution is -2.23. The van der Waals surface area contributed by atoms with E-state index < -0.39 is 0 Å². The highest BCUT2D eigenvalue weighted by molar-refractivity contribution is 7.99. The summed E-state index contributed by atoms with van der Waals surface area (Å²) in [5.41, 5.74) is 8.42. The third-order valence-electron chi connectivity index (χ3n) is 6.88. The zero-order valence-corrected chi connectivity index (χ0v) is 23.9. The first-order chi connectivity index (χ1) is 20.0. The number of nitriles is 1. The molecule has 0 fully saturated rings. The topological polar surface area (TPSA) is 68.5 Å². The maximum absolute atomic E-state index is 9.59. The molecular formula is C35H31N3O2S. The number of hydrogen-bond donors (Lipinski definition) is 2. The van der Waals surface area contributed by atoms with Gasteiger partial charge in [0.15, 0.2) is 0 Å². The average molecular weight is 558 g/mol. The molecule has 0 saturated carbocycles. The van der Waals surface area contributed by atoms with Gasteiger partial charge in [-0.05, 0) is 95.4 Å². The molecule has 0 bridgehead atoms. The zero-order valence-electron chi connectivity index (χ0n) is 23.0. The molecule has 0 atom stereocenters. The number of ether oxygens (including phenoxy) is 1. The molecule has 5 aromatic rings. The highest BCUT2D eigenvalue weighted by Gasteiger charge is 2.14. The van der Waals surface area contributed by atoms with Gasteiger partial charge >= 0.3 is 0 Å². The second-order valence-corrected chi connectivity index (χ2v) is 10.4. The molecule has 0 unspecified atom stereocenters. The number of nitrogens with zero attached hydrogens (tertiary/aromatic N) is 2. The first-order valence-corrected chi connectivity index (χ1v) is 14.5. The molecule has 0 saturated heterocycles. The van der Waals surface area contributed by atoms with E-state index in [9.17, 15) is 10.4 Å². The van der Waals surface area contributed by atoms with Crippen molar-refractivity contribution in [1.29, 1.82) is 5.26 Å². The van der Waals surface area contributed by atoms with Crippen molar-refractivity contribution in [3.05, 3.63) is 138 Å². The zero-order chi connectivity index (χ0) is 28.6. The van der Waals surface area contributed by atoms with Gasteiger partial charge in [-0.2, -0.15) is 5.26 Å². The minimum Gasteiger partial charge on any atom is -0.508 e. The van der Waals surface area contributed by atoms with Crippen LogP contribution in [0, 0.1) is 18.3 Å². The fourth-order valence-electron chi connectivity index (χ4n) is 4.73. The fraction of sp³-hybridized carbons (Fsp3) is 0.114. The van der Waals surface area contributed by atoms with Gasteiger partial charge in [0.1, 0.15) is 17.2 Å². The van der Waals surface area contributed by atoms with Crippen LogP contribution in [-0.2, 0) is 13.1 Å². The number of benzene rings is 5. The molecule has 0 aliphatic carbocycles. The predicted octanol–water partition coefficient (Wildman–Crippen LogP) is 8.93. The fourth-order valence-corrected chi connectivity index (χ4v) is 5.17. The number of phenols is 1. The molecule has 0 radical (unpaired) electrons. The summed E-state index contributed by atoms with van der Waals surface area (Å²) >= 11 is 1.58. The molecule has 2 N–H and O–H groups in total. The highest BCUT2D eigenvalue weighted by atomic mass is 32.2. The van der Waals surface area contributed by atoms with Gasteiger partial charge in [0.25, 0.3) is 0 Å². The Morgan fingerprint density at radius 3 is 2.10 bits per heavy atom. The van der Waals surface area contributed by atoms with Crippen molar-refractivity contribution in [2.75, 3.05) is 15.9 Å². The van der Waals surface area contributed by atoms with Gasteiger partial charge in [-0.15, -0.1) is 0 Å². The molecule has 0 aromatic heterocycles. The number of phenolic OH excluding ortho intramolecular Hbond substituents is 1. The van der Waals surface area contributed by atoms with Gasteiger partial charge in [0.05, 0.1) is 11.6 Å². The number of anilines is 2. The van der Waals surface area contributed by atoms with Gasteiger partial charge in [0, 0.05) is 30.7 Å². The molecular weight excluding hydrogens is 526 g/mol. The minimum atomic E-state index is 0.246. The van der Waals surface area contributed by atoms with Gasteiger partial charge in [-0.25, -0.2) is 0 Å². The van der Waals surface area contributed by atoms with Crippen LogP contribution in [0.2, 0.25) is 0 Å². The van der Waals surface area contributed by atoms with Crippen LogP contribution in [0.5, 0.6) is 17.2 Å². The lowest BCUT2D eigenvalue weighted by atomic mass is 10.1. The smallest absolute Gasteiger partial charge is 0.128 e. The van der Waals surface area contributed by atoms with Crippen LogP contribution >= 0.6 is 11.9 Å². The SMILES string of the molecule is CSNc1cccc(N(Cc2ccc(C#N)cc2)Cc2ccc(Oc3cccc(-c4ccc(O)cc4)c3)cc2)c1C. The summed E-state index contributed by atoms with van der Waals surface area (Å²) in [7, 11) is 0. The lowest BCUT2D eigenvalue weighted by molar-refractivity contribution is 0.475. The summed E-state index contributed by atoms with van der Waals surface area (Å²) in [6.45, 7) is 3.56. The minimum absolute atomic E-state index is 0.246. The molecule has 5 rings (SSSR count). The van der Waals surface area contributed by atoms with E-state index in [1.54, 1.807) is 24.1 Å². The van der Waals surface area contributed by atoms with Crippen molar-refractivity contribution in [1.82, 2.24) is 0 Å². The summed E-state index contributed by atoms with van der Waals surface area (Å²) in [6.07, 6.45) is 2.02. The second kappa shape index (κ2) is 13.0. The van der Waals surface area contributed by atoms with Crippen molar-refractivity contribution >= 4 is 23.3 Å². The van der Waals surface area contributed by atoms with Crippen LogP contribution in [0.15, 0.2) is 115 Å². The Labute approximate surface area is 245 Å². The van der Waals surface area contributed by atoms with Crippen molar-refractivity contribution in [2.45, 2.75) is 20.0 Å². The van der Waals surface area contributed by atoms with E-state index in [1.807, 2.05) is 79.1 Å². The first-order valence-electron chi connectivity index (χ1n) is 13.3. The number of rotatable bonds is 10. The Morgan fingerprint density at radius 2 is 1.44 bits per heavy atom. The maximum atomic E-state index is 9.59. The molecule has 41 heavy (non-hydrogen) atoms. The van der Waals surface area contributed by atoms with Gasteiger partial charge in [-0.3, -0.25) is 0 Å². The highest BCUT2D eigenvalue weighted by Crippen LogP contribution is 2.32. The quantitative estimate of drug-likeness (QED) is 0.167. The lowest BCUT2D eigenvalue weighted by Gasteiger charge is -2.28. The predicted molar refractivity (Wildman–Crippen MR) is 169 cm³/mol. The van der Waals surface area contributed by atoms with Crippen LogP contribution in [0.1, 0.15) is 22.3 Å². The number of aromatic hydroxyl groups is 1. The van der Waals surface area contributed by atoms with E-state index in [-0.39, 0.29) is 5.75 Å². The molecule has 0 heterocycles. The van der Waals surface area contributed by atoms with E-state index in [1.165, 1.54) is 5.56 Å². The third-order valence-corrected chi connectivity index (χ3v) is 7.31. The van der Waals surface area contributed by atoms with Crippen molar-refractivity contribution in [3.8, 4) is 34.4 Å². The monoisotopic (exact) mass is 557 g/mol. The molecule has 5 aromatic carbocycles. The molecule has 6 heteroatoms. The van der Waals surface area contributed by atoms with E-state index in [0.29, 0.717) is 18.7 Å². The van der Waals surface area contributed by atoms with Crippen LogP contribution in [-0.4, -0.2) is 11.4 Å². The Kier molecular flexibility index (Phi) is 8.78. The third kappa shape index (κ3) is 7.02. The van der Waals surface area contributed by atoms with Crippen LogP contribution in [0.3, 0.4) is 0 Å². The number of hydrogen-bond acceptors (Lipinski definition) is 6. The van der Waals surface area contributed by atoms with Crippen LogP contribution in [0.4, 0.5) is 11.4 Å². The summed E-state index contributed by atoms with van der Waals surface area (Å²) < 4.78 is 9.58. The Balaban J connectivity index is 1.35. The standard InChI is InChI=1S/C35H31N3O2S/c1-25-34(37-41-2)7-4-8-35(25)38(23-27-11-9-26(22-36)10-12-27)24-28-13-19-32(20-14-28)40-33-6-3-5-30(21-33)29-15-17-31(39)18-16-29/h3-21,37,39H,23-24H2,1-2H3. The van der Waals surface area contributed by atoms with E-state index in [2.05, 4.69) is 52.9 Å². The maximum Gasteiger partial charge on any atom is 0.128 e. The second-order valence-electron chi connectivity index (χ2n) is 9.74. The summed E-state index contributed by atoms with van der Waals surface area (Å²) in [6, 6.07) is 39.6. The van der Waals surface area contributed by atoms with Crippen molar-refractivity contribution < 1.29 is 9.84 Å². The van der Waals surface area contributed by atoms with Crippen molar-refractivity contribution in [3.63, 3.8) is 0 Å². The van der Waals surface area contributed by atoms with Gasteiger partial charge in [-0.1, -0.05) is 66.5 Å². The number of nitrogens with one attached hydrogen (secondary N) is 1. The average Bonchev–Trinajstić information content (AvgIpc) is 3.00. The Morgan fingerprint density at radius 1 is 0.780 bits per heavy atom. The molecule has 0 aliphatic heterocycles. The summed E-state index contributed by atoms with van der Waals surface area (Å²) in [5.74, 6) is 1.76.